The molecule has 0 aliphatic carbocycles. The number of carbonyl (C=O) groups excluding carboxylic acids is 1. The molecule has 1 saturated heterocycles. The maximum atomic E-state index is 13.9. The molecule has 1 unspecified atom stereocenters. The summed E-state index contributed by atoms with van der Waals surface area (Å²) in [5.41, 5.74) is 0.430. The third kappa shape index (κ3) is 3.37. The zero-order chi connectivity index (χ0) is 16.4. The predicted octanol–water partition coefficient (Wildman–Crippen LogP) is 3.18. The molecule has 1 aromatic heterocycles. The molecule has 3 rings (SSSR count). The summed E-state index contributed by atoms with van der Waals surface area (Å²) in [5.74, 6) is 0.653. The van der Waals surface area contributed by atoms with Crippen molar-refractivity contribution in [2.24, 2.45) is 0 Å². The minimum absolute atomic E-state index is 0.0518. The summed E-state index contributed by atoms with van der Waals surface area (Å²) in [6, 6.07) is 4.83. The molecular weight excluding hydrogens is 321 g/mol. The largest absolute Gasteiger partial charge is 0.342 e. The van der Waals surface area contributed by atoms with Gasteiger partial charge in [-0.25, -0.2) is 4.39 Å². The average Bonchev–Trinajstić information content (AvgIpc) is 3.20. The van der Waals surface area contributed by atoms with Crippen LogP contribution < -0.4 is 0 Å². The first-order valence-electron chi connectivity index (χ1n) is 7.61. The van der Waals surface area contributed by atoms with Crippen molar-refractivity contribution >= 4 is 17.5 Å². The van der Waals surface area contributed by atoms with Gasteiger partial charge in [0.05, 0.1) is 10.9 Å². The zero-order valence-electron chi connectivity index (χ0n) is 12.8. The number of nitrogens with zero attached hydrogens (tertiary/aromatic N) is 3. The lowest BCUT2D eigenvalue weighted by molar-refractivity contribution is -0.129. The number of benzene rings is 1. The van der Waals surface area contributed by atoms with Crippen LogP contribution in [0.2, 0.25) is 5.02 Å². The van der Waals surface area contributed by atoms with Gasteiger partial charge in [0.2, 0.25) is 11.8 Å². The van der Waals surface area contributed by atoms with Crippen LogP contribution in [0.5, 0.6) is 0 Å². The molecule has 0 spiro atoms. The van der Waals surface area contributed by atoms with Crippen molar-refractivity contribution in [3.8, 4) is 0 Å². The second-order valence-corrected chi connectivity index (χ2v) is 6.02. The van der Waals surface area contributed by atoms with E-state index in [1.54, 1.807) is 12.1 Å². The second kappa shape index (κ2) is 6.66. The zero-order valence-corrected chi connectivity index (χ0v) is 13.5. The molecule has 1 aliphatic heterocycles. The Labute approximate surface area is 138 Å². The maximum absolute atomic E-state index is 13.9. The van der Waals surface area contributed by atoms with Crippen LogP contribution in [0.25, 0.3) is 0 Å². The first-order chi connectivity index (χ1) is 11.1. The highest BCUT2D eigenvalue weighted by atomic mass is 35.5. The number of aromatic nitrogens is 2. The molecule has 0 N–H and O–H groups in total. The molecule has 2 aromatic rings. The van der Waals surface area contributed by atoms with Crippen molar-refractivity contribution in [2.75, 3.05) is 13.1 Å². The fraction of sp³-hybridized carbons (Fsp3) is 0.438. The Morgan fingerprint density at radius 3 is 3.13 bits per heavy atom. The van der Waals surface area contributed by atoms with Crippen molar-refractivity contribution in [2.45, 2.75) is 32.1 Å². The Balaban J connectivity index is 1.69. The second-order valence-electron chi connectivity index (χ2n) is 5.62. The topological polar surface area (TPSA) is 59.2 Å². The highest BCUT2D eigenvalue weighted by molar-refractivity contribution is 6.30. The molecule has 23 heavy (non-hydrogen) atoms. The van der Waals surface area contributed by atoms with Gasteiger partial charge in [0.1, 0.15) is 5.82 Å². The fourth-order valence-corrected chi connectivity index (χ4v) is 2.97. The van der Waals surface area contributed by atoms with Gasteiger partial charge in [0, 0.05) is 25.9 Å². The van der Waals surface area contributed by atoms with Crippen molar-refractivity contribution < 1.29 is 13.7 Å². The predicted molar refractivity (Wildman–Crippen MR) is 82.7 cm³/mol. The summed E-state index contributed by atoms with van der Waals surface area (Å²) in [6.07, 6.45) is 1.52. The highest BCUT2D eigenvalue weighted by Crippen LogP contribution is 2.27. The Morgan fingerprint density at radius 1 is 1.52 bits per heavy atom. The maximum Gasteiger partial charge on any atom is 0.231 e. The number of rotatable bonds is 4. The molecule has 1 atom stereocenters. The molecule has 122 valence electrons. The number of hydrogen-bond acceptors (Lipinski definition) is 4. The number of hydrogen-bond donors (Lipinski definition) is 0. The molecule has 1 amide bonds. The normalized spacial score (nSPS) is 17.7. The number of likely N-dealkylation sites (tertiary alicyclic amines) is 1. The van der Waals surface area contributed by atoms with Crippen molar-refractivity contribution in [1.82, 2.24) is 15.0 Å². The van der Waals surface area contributed by atoms with Crippen LogP contribution in [-0.4, -0.2) is 34.0 Å². The molecule has 0 bridgehead atoms. The van der Waals surface area contributed by atoms with Gasteiger partial charge in [-0.15, -0.1) is 0 Å². The van der Waals surface area contributed by atoms with Crippen LogP contribution in [0, 0.1) is 5.82 Å². The standard InChI is InChI=1S/C16H17ClFN3O2/c1-2-14(22)21-7-6-11(9-21)16-19-13(20-23-16)8-10-4-3-5-12(17)15(10)18/h3-5,11H,2,6-9H2,1H3. The highest BCUT2D eigenvalue weighted by Gasteiger charge is 2.30. The summed E-state index contributed by atoms with van der Waals surface area (Å²) >= 11 is 5.77. The van der Waals surface area contributed by atoms with E-state index in [1.165, 1.54) is 6.07 Å². The van der Waals surface area contributed by atoms with Gasteiger partial charge < -0.3 is 9.42 Å². The van der Waals surface area contributed by atoms with Gasteiger partial charge in [-0.3, -0.25) is 4.79 Å². The van der Waals surface area contributed by atoms with Crippen molar-refractivity contribution in [3.05, 3.63) is 46.3 Å². The fourth-order valence-electron chi connectivity index (χ4n) is 2.77. The molecule has 2 heterocycles. The molecule has 0 radical (unpaired) electrons. The van der Waals surface area contributed by atoms with Crippen LogP contribution in [-0.2, 0) is 11.2 Å². The minimum atomic E-state index is -0.457. The van der Waals surface area contributed by atoms with Crippen LogP contribution >= 0.6 is 11.6 Å². The average molecular weight is 338 g/mol. The van der Waals surface area contributed by atoms with E-state index in [9.17, 15) is 9.18 Å². The van der Waals surface area contributed by atoms with E-state index < -0.39 is 5.82 Å². The molecule has 1 aromatic carbocycles. The molecule has 1 fully saturated rings. The van der Waals surface area contributed by atoms with Crippen LogP contribution in [0.15, 0.2) is 22.7 Å². The van der Waals surface area contributed by atoms with Gasteiger partial charge >= 0.3 is 0 Å². The van der Waals surface area contributed by atoms with Crippen LogP contribution in [0.1, 0.15) is 43.0 Å². The van der Waals surface area contributed by atoms with Gasteiger partial charge in [-0.1, -0.05) is 35.8 Å². The Morgan fingerprint density at radius 2 is 2.35 bits per heavy atom. The lowest BCUT2D eigenvalue weighted by Gasteiger charge is -2.13. The van der Waals surface area contributed by atoms with Crippen molar-refractivity contribution in [3.63, 3.8) is 0 Å². The van der Waals surface area contributed by atoms with Gasteiger partial charge in [0.15, 0.2) is 5.82 Å². The minimum Gasteiger partial charge on any atom is -0.342 e. The van der Waals surface area contributed by atoms with E-state index in [0.29, 0.717) is 36.8 Å². The quantitative estimate of drug-likeness (QED) is 0.859. The van der Waals surface area contributed by atoms with E-state index in [1.807, 2.05) is 11.8 Å². The summed E-state index contributed by atoms with van der Waals surface area (Å²) in [5, 5.41) is 4.00. The summed E-state index contributed by atoms with van der Waals surface area (Å²) in [7, 11) is 0. The van der Waals surface area contributed by atoms with Gasteiger partial charge in [-0.05, 0) is 18.1 Å². The Hall–Kier alpha value is -1.95. The third-order valence-corrected chi connectivity index (χ3v) is 4.35. The number of amides is 1. The number of halogens is 2. The Bertz CT molecular complexity index is 719. The SMILES string of the molecule is CCC(=O)N1CCC(c2nc(Cc3cccc(Cl)c3F)no2)C1. The third-order valence-electron chi connectivity index (χ3n) is 4.06. The summed E-state index contributed by atoms with van der Waals surface area (Å²) in [4.78, 5) is 17.9. The van der Waals surface area contributed by atoms with Gasteiger partial charge in [-0.2, -0.15) is 4.98 Å². The smallest absolute Gasteiger partial charge is 0.231 e. The lowest BCUT2D eigenvalue weighted by atomic mass is 10.1. The van der Waals surface area contributed by atoms with E-state index in [4.69, 9.17) is 16.1 Å². The van der Waals surface area contributed by atoms with E-state index in [0.717, 1.165) is 6.42 Å². The van der Waals surface area contributed by atoms with Crippen LogP contribution in [0.4, 0.5) is 4.39 Å². The first-order valence-corrected chi connectivity index (χ1v) is 7.99. The summed E-state index contributed by atoms with van der Waals surface area (Å²) in [6.45, 7) is 3.15. The lowest BCUT2D eigenvalue weighted by Crippen LogP contribution is -2.27. The first kappa shape index (κ1) is 15.9. The molecule has 7 heteroatoms. The Kier molecular flexibility index (Phi) is 4.61. The molecular formula is C16H17ClFN3O2. The monoisotopic (exact) mass is 337 g/mol. The molecule has 1 aliphatic rings. The van der Waals surface area contributed by atoms with Gasteiger partial charge in [0.25, 0.3) is 0 Å². The van der Waals surface area contributed by atoms with E-state index in [-0.39, 0.29) is 23.3 Å². The van der Waals surface area contributed by atoms with E-state index in [2.05, 4.69) is 10.1 Å². The van der Waals surface area contributed by atoms with Crippen molar-refractivity contribution in [1.29, 1.82) is 0 Å². The summed E-state index contributed by atoms with van der Waals surface area (Å²) < 4.78 is 19.2. The van der Waals surface area contributed by atoms with E-state index >= 15 is 0 Å². The van der Waals surface area contributed by atoms with Crippen LogP contribution in [0.3, 0.4) is 0 Å². The molecule has 0 saturated carbocycles. The molecule has 5 nitrogen and oxygen atoms in total. The number of carbonyl (C=O) groups is 1.